The van der Waals surface area contributed by atoms with Gasteiger partial charge in [-0.15, -0.1) is 0 Å². The molecule has 13 nitrogen and oxygen atoms in total. The lowest BCUT2D eigenvalue weighted by atomic mass is 9.72. The highest BCUT2D eigenvalue weighted by molar-refractivity contribution is 7.89. The van der Waals surface area contributed by atoms with Crippen molar-refractivity contribution in [3.8, 4) is 11.5 Å². The summed E-state index contributed by atoms with van der Waals surface area (Å²) in [6.07, 6.45) is 5.19. The minimum atomic E-state index is -3.71. The van der Waals surface area contributed by atoms with Gasteiger partial charge in [0.05, 0.1) is 16.7 Å². The van der Waals surface area contributed by atoms with E-state index in [0.29, 0.717) is 31.1 Å². The summed E-state index contributed by atoms with van der Waals surface area (Å²) in [5, 5.41) is 0. The molecule has 3 fully saturated rings. The molecule has 0 N–H and O–H groups in total. The van der Waals surface area contributed by atoms with Crippen molar-refractivity contribution in [1.29, 1.82) is 0 Å². The first-order valence-electron chi connectivity index (χ1n) is 19.6. The van der Waals surface area contributed by atoms with E-state index in [1.807, 2.05) is 60.6 Å². The molecular weight excluding hydrogens is 738 g/mol. The molecule has 2 aromatic carbocycles. The molecule has 56 heavy (non-hydrogen) atoms. The highest BCUT2D eigenvalue weighted by atomic mass is 32.2. The van der Waals surface area contributed by atoms with Gasteiger partial charge in [-0.2, -0.15) is 4.31 Å². The van der Waals surface area contributed by atoms with Crippen molar-refractivity contribution in [2.75, 3.05) is 57.3 Å². The Kier molecular flexibility index (Phi) is 12.3. The molecule has 0 atom stereocenters. The van der Waals surface area contributed by atoms with Crippen LogP contribution < -0.4 is 9.64 Å². The van der Waals surface area contributed by atoms with Crippen molar-refractivity contribution in [2.24, 2.45) is 5.41 Å². The number of piperidine rings is 1. The number of hydrogen-bond donors (Lipinski definition) is 0. The molecule has 0 aliphatic carbocycles. The molecule has 2 amide bonds. The van der Waals surface area contributed by atoms with Crippen molar-refractivity contribution in [3.05, 3.63) is 71.9 Å². The van der Waals surface area contributed by atoms with E-state index in [1.165, 1.54) is 28.8 Å². The van der Waals surface area contributed by atoms with Gasteiger partial charge in [-0.1, -0.05) is 12.1 Å². The average molecular weight is 794 g/mol. The van der Waals surface area contributed by atoms with Gasteiger partial charge < -0.3 is 24.2 Å². The van der Waals surface area contributed by atoms with E-state index < -0.39 is 27.5 Å². The Morgan fingerprint density at radius 1 is 0.911 bits per heavy atom. The van der Waals surface area contributed by atoms with Crippen LogP contribution in [0.25, 0.3) is 0 Å². The van der Waals surface area contributed by atoms with E-state index in [2.05, 4.69) is 19.8 Å². The number of carbonyl (C=O) groups excluding carboxylic acids is 2. The predicted octanol–water partition coefficient (Wildman–Crippen LogP) is 6.40. The van der Waals surface area contributed by atoms with Crippen LogP contribution in [0.1, 0.15) is 83.7 Å². The zero-order chi connectivity index (χ0) is 40.4. The number of amides is 2. The Balaban J connectivity index is 1.02. The van der Waals surface area contributed by atoms with Crippen LogP contribution in [0.5, 0.6) is 11.5 Å². The SMILES string of the molecule is CC(C)N(C(=O)c1cc(F)ccc1Oc1cncnc1N1CC2(CCN(Cc3ccc(S(=O)(=O)N4CCCN(C(=O)OC(C)(C)C)CC4)cc3)CC2)C1)C(C)C. The normalized spacial score (nSPS) is 18.2. The first kappa shape index (κ1) is 41.3. The number of aromatic nitrogens is 2. The van der Waals surface area contributed by atoms with Crippen LogP contribution in [-0.2, 0) is 21.3 Å². The van der Waals surface area contributed by atoms with Gasteiger partial charge >= 0.3 is 6.09 Å². The Morgan fingerprint density at radius 3 is 2.23 bits per heavy atom. The summed E-state index contributed by atoms with van der Waals surface area (Å²) in [6.45, 7) is 18.6. The number of benzene rings is 2. The number of anilines is 1. The maximum absolute atomic E-state index is 14.4. The fourth-order valence-electron chi connectivity index (χ4n) is 7.93. The topological polar surface area (TPSA) is 129 Å². The van der Waals surface area contributed by atoms with Gasteiger partial charge in [0.15, 0.2) is 11.6 Å². The van der Waals surface area contributed by atoms with Gasteiger partial charge in [0, 0.05) is 63.3 Å². The molecule has 3 aliphatic heterocycles. The second-order valence-corrected chi connectivity index (χ2v) is 18.8. The number of sulfonamides is 1. The Hall–Kier alpha value is -4.34. The number of ether oxygens (including phenoxy) is 2. The van der Waals surface area contributed by atoms with E-state index >= 15 is 0 Å². The van der Waals surface area contributed by atoms with Crippen molar-refractivity contribution in [2.45, 2.75) is 96.9 Å². The maximum Gasteiger partial charge on any atom is 0.410 e. The van der Waals surface area contributed by atoms with Crippen LogP contribution in [0.2, 0.25) is 0 Å². The molecule has 4 heterocycles. The third kappa shape index (κ3) is 9.43. The van der Waals surface area contributed by atoms with Crippen molar-refractivity contribution < 1.29 is 31.9 Å². The minimum absolute atomic E-state index is 0.0837. The molecule has 0 radical (unpaired) electrons. The minimum Gasteiger partial charge on any atom is -0.451 e. The molecule has 15 heteroatoms. The van der Waals surface area contributed by atoms with Crippen LogP contribution in [0.15, 0.2) is 59.9 Å². The maximum atomic E-state index is 14.4. The van der Waals surface area contributed by atoms with Crippen LogP contribution in [-0.4, -0.2) is 119 Å². The molecule has 6 rings (SSSR count). The lowest BCUT2D eigenvalue weighted by molar-refractivity contribution is 0.0260. The summed E-state index contributed by atoms with van der Waals surface area (Å²) >= 11 is 0. The largest absolute Gasteiger partial charge is 0.451 e. The van der Waals surface area contributed by atoms with Gasteiger partial charge in [-0.25, -0.2) is 27.6 Å². The monoisotopic (exact) mass is 793 g/mol. The number of nitrogens with zero attached hydrogens (tertiary/aromatic N) is 7. The van der Waals surface area contributed by atoms with Crippen LogP contribution in [0.4, 0.5) is 15.0 Å². The summed E-state index contributed by atoms with van der Waals surface area (Å²) < 4.78 is 54.8. The number of carbonyl (C=O) groups is 2. The molecule has 0 unspecified atom stereocenters. The zero-order valence-electron chi connectivity index (χ0n) is 33.7. The van der Waals surface area contributed by atoms with Crippen molar-refractivity contribution in [3.63, 3.8) is 0 Å². The molecule has 1 aromatic heterocycles. The van der Waals surface area contributed by atoms with Gasteiger partial charge in [0.25, 0.3) is 5.91 Å². The number of rotatable bonds is 10. The van der Waals surface area contributed by atoms with Gasteiger partial charge in [0.2, 0.25) is 10.0 Å². The summed E-state index contributed by atoms with van der Waals surface area (Å²) in [5.41, 5.74) is 0.719. The van der Waals surface area contributed by atoms with Crippen LogP contribution >= 0.6 is 0 Å². The summed E-state index contributed by atoms with van der Waals surface area (Å²) in [5.74, 6) is 0.473. The van der Waals surface area contributed by atoms with Crippen molar-refractivity contribution in [1.82, 2.24) is 29.0 Å². The zero-order valence-corrected chi connectivity index (χ0v) is 34.5. The average Bonchev–Trinajstić information content (AvgIpc) is 3.39. The number of likely N-dealkylation sites (tertiary alicyclic amines) is 1. The number of hydrogen-bond acceptors (Lipinski definition) is 10. The van der Waals surface area contributed by atoms with E-state index in [4.69, 9.17) is 9.47 Å². The molecular formula is C41H56FN7O6S. The summed E-state index contributed by atoms with van der Waals surface area (Å²) in [7, 11) is -3.71. The van der Waals surface area contributed by atoms with Crippen LogP contribution in [0.3, 0.4) is 0 Å². The molecule has 3 aromatic rings. The van der Waals surface area contributed by atoms with E-state index in [1.54, 1.807) is 28.1 Å². The molecule has 1 spiro atoms. The first-order valence-corrected chi connectivity index (χ1v) is 21.0. The Morgan fingerprint density at radius 2 is 1.59 bits per heavy atom. The third-order valence-electron chi connectivity index (χ3n) is 10.7. The smallest absolute Gasteiger partial charge is 0.410 e. The Labute approximate surface area is 330 Å². The lowest BCUT2D eigenvalue weighted by Gasteiger charge is -2.54. The summed E-state index contributed by atoms with van der Waals surface area (Å²) in [6, 6.07) is 11.0. The first-order chi connectivity index (χ1) is 26.4. The second kappa shape index (κ2) is 16.6. The van der Waals surface area contributed by atoms with Gasteiger partial charge in [0.1, 0.15) is 23.5 Å². The highest BCUT2D eigenvalue weighted by Crippen LogP contribution is 2.45. The fraction of sp³-hybridized carbons (Fsp3) is 0.561. The van der Waals surface area contributed by atoms with E-state index in [-0.39, 0.29) is 52.7 Å². The molecule has 3 saturated heterocycles. The number of halogens is 1. The molecule has 3 aliphatic rings. The standard InChI is InChI=1S/C41H56FN7O6S/c1-29(2)49(30(3)4)38(50)34-23-32(42)11-14-35(34)54-36-24-43-28-44-37(36)47-26-41(27-47)15-19-45(20-16-41)25-31-9-12-33(13-10-31)56(52,53)48-18-8-17-46(21-22-48)39(51)55-40(5,6)7/h9-14,23-24,28-30H,8,15-22,25-27H2,1-7H3. The molecule has 304 valence electrons. The van der Waals surface area contributed by atoms with Crippen LogP contribution in [0, 0.1) is 11.2 Å². The van der Waals surface area contributed by atoms with E-state index in [0.717, 1.165) is 51.1 Å². The van der Waals surface area contributed by atoms with Gasteiger partial charge in [-0.3, -0.25) is 9.69 Å². The molecule has 0 saturated carbocycles. The fourth-order valence-corrected chi connectivity index (χ4v) is 9.40. The molecule has 0 bridgehead atoms. The third-order valence-corrected chi connectivity index (χ3v) is 12.7. The Bertz CT molecular complexity index is 1960. The lowest BCUT2D eigenvalue weighted by Crippen LogP contribution is -2.60. The van der Waals surface area contributed by atoms with Gasteiger partial charge in [-0.05, 0) is 117 Å². The van der Waals surface area contributed by atoms with Crippen molar-refractivity contribution >= 4 is 27.8 Å². The predicted molar refractivity (Wildman–Crippen MR) is 212 cm³/mol. The quantitative estimate of drug-likeness (QED) is 0.228. The second-order valence-electron chi connectivity index (χ2n) is 16.9. The van der Waals surface area contributed by atoms with E-state index in [9.17, 15) is 22.4 Å². The summed E-state index contributed by atoms with van der Waals surface area (Å²) in [4.78, 5) is 43.0. The highest BCUT2D eigenvalue weighted by Gasteiger charge is 2.46.